The molecule has 19 heavy (non-hydrogen) atoms. The molecule has 0 atom stereocenters. The summed E-state index contributed by atoms with van der Waals surface area (Å²) >= 11 is 0. The minimum Gasteiger partial charge on any atom is -0.467 e. The highest BCUT2D eigenvalue weighted by Crippen LogP contribution is 2.12. The molecule has 0 aliphatic heterocycles. The maximum atomic E-state index is 11.3. The molecule has 0 spiro atoms. The number of furan rings is 1. The summed E-state index contributed by atoms with van der Waals surface area (Å²) < 4.78 is 5.34. The molecule has 104 valence electrons. The highest BCUT2D eigenvalue weighted by Gasteiger charge is 2.13. The highest BCUT2D eigenvalue weighted by molar-refractivity contribution is 5.93. The SMILES string of the molecule is CC(C)CN(CCC#N)Cc1cc(C(=O)NN)co1. The molecule has 6 nitrogen and oxygen atoms in total. The van der Waals surface area contributed by atoms with Gasteiger partial charge in [-0.3, -0.25) is 15.1 Å². The second-order valence-electron chi connectivity index (χ2n) is 4.81. The Hall–Kier alpha value is -1.84. The minimum absolute atomic E-state index is 0.373. The van der Waals surface area contributed by atoms with Crippen molar-refractivity contribution in [1.82, 2.24) is 10.3 Å². The monoisotopic (exact) mass is 264 g/mol. The van der Waals surface area contributed by atoms with Crippen LogP contribution in [0.1, 0.15) is 36.4 Å². The molecule has 0 unspecified atom stereocenters. The van der Waals surface area contributed by atoms with Crippen molar-refractivity contribution in [3.05, 3.63) is 23.7 Å². The molecule has 0 aliphatic carbocycles. The summed E-state index contributed by atoms with van der Waals surface area (Å²) in [5.41, 5.74) is 2.46. The first-order chi connectivity index (χ1) is 9.06. The van der Waals surface area contributed by atoms with Crippen LogP contribution >= 0.6 is 0 Å². The molecule has 0 saturated carbocycles. The van der Waals surface area contributed by atoms with Gasteiger partial charge in [-0.2, -0.15) is 5.26 Å². The number of amides is 1. The van der Waals surface area contributed by atoms with Gasteiger partial charge in [0.1, 0.15) is 12.0 Å². The predicted molar refractivity (Wildman–Crippen MR) is 70.7 cm³/mol. The van der Waals surface area contributed by atoms with Crippen molar-refractivity contribution < 1.29 is 9.21 Å². The maximum absolute atomic E-state index is 11.3. The number of nitrogens with zero attached hydrogens (tertiary/aromatic N) is 2. The zero-order valence-electron chi connectivity index (χ0n) is 11.3. The maximum Gasteiger partial charge on any atom is 0.268 e. The zero-order valence-corrected chi connectivity index (χ0v) is 11.3. The first-order valence-electron chi connectivity index (χ1n) is 6.24. The predicted octanol–water partition coefficient (Wildman–Crippen LogP) is 1.25. The van der Waals surface area contributed by atoms with Gasteiger partial charge in [-0.05, 0) is 12.0 Å². The van der Waals surface area contributed by atoms with Crippen LogP contribution in [0.2, 0.25) is 0 Å². The standard InChI is InChI=1S/C13H20N4O2/c1-10(2)7-17(5-3-4-14)8-12-6-11(9-19-12)13(18)16-15/h6,9-10H,3,5,7-8,15H2,1-2H3,(H,16,18). The van der Waals surface area contributed by atoms with Crippen molar-refractivity contribution >= 4 is 5.91 Å². The lowest BCUT2D eigenvalue weighted by molar-refractivity contribution is 0.0953. The molecule has 0 aliphatic rings. The van der Waals surface area contributed by atoms with Crippen LogP contribution in [0.3, 0.4) is 0 Å². The van der Waals surface area contributed by atoms with Gasteiger partial charge in [-0.25, -0.2) is 5.84 Å². The van der Waals surface area contributed by atoms with Crippen LogP contribution in [0.15, 0.2) is 16.7 Å². The molecular weight excluding hydrogens is 244 g/mol. The van der Waals surface area contributed by atoms with Crippen LogP contribution in [-0.2, 0) is 6.54 Å². The lowest BCUT2D eigenvalue weighted by Gasteiger charge is -2.21. The Bertz CT molecular complexity index is 448. The largest absolute Gasteiger partial charge is 0.467 e. The molecular formula is C13H20N4O2. The molecule has 0 aromatic carbocycles. The van der Waals surface area contributed by atoms with Crippen molar-refractivity contribution in [2.24, 2.45) is 11.8 Å². The van der Waals surface area contributed by atoms with Gasteiger partial charge < -0.3 is 4.42 Å². The molecule has 1 amide bonds. The summed E-state index contributed by atoms with van der Waals surface area (Å²) in [5.74, 6) is 5.88. The van der Waals surface area contributed by atoms with E-state index in [1.807, 2.05) is 0 Å². The topological polar surface area (TPSA) is 95.3 Å². The summed E-state index contributed by atoms with van der Waals surface area (Å²) in [4.78, 5) is 13.4. The third-order valence-corrected chi connectivity index (χ3v) is 2.59. The number of rotatable bonds is 7. The number of nitriles is 1. The summed E-state index contributed by atoms with van der Waals surface area (Å²) in [6.07, 6.45) is 1.86. The van der Waals surface area contributed by atoms with Crippen LogP contribution in [0.5, 0.6) is 0 Å². The number of carbonyl (C=O) groups is 1. The molecule has 0 radical (unpaired) electrons. The van der Waals surface area contributed by atoms with E-state index >= 15 is 0 Å². The van der Waals surface area contributed by atoms with Crippen LogP contribution in [0, 0.1) is 17.2 Å². The van der Waals surface area contributed by atoms with Gasteiger partial charge >= 0.3 is 0 Å². The van der Waals surface area contributed by atoms with Crippen LogP contribution in [-0.4, -0.2) is 23.9 Å². The third kappa shape index (κ3) is 5.12. The fourth-order valence-corrected chi connectivity index (χ4v) is 1.85. The van der Waals surface area contributed by atoms with Crippen molar-refractivity contribution in [2.45, 2.75) is 26.8 Å². The van der Waals surface area contributed by atoms with Crippen molar-refractivity contribution in [3.63, 3.8) is 0 Å². The van der Waals surface area contributed by atoms with Crippen molar-refractivity contribution in [3.8, 4) is 6.07 Å². The fourth-order valence-electron chi connectivity index (χ4n) is 1.85. The first-order valence-corrected chi connectivity index (χ1v) is 6.24. The van der Waals surface area contributed by atoms with Crippen LogP contribution < -0.4 is 11.3 Å². The number of nitrogens with one attached hydrogen (secondary N) is 1. The van der Waals surface area contributed by atoms with E-state index in [2.05, 4.69) is 30.2 Å². The Kier molecular flexibility index (Phi) is 6.06. The smallest absolute Gasteiger partial charge is 0.268 e. The molecule has 1 aromatic rings. The van der Waals surface area contributed by atoms with Gasteiger partial charge in [0.15, 0.2) is 0 Å². The lowest BCUT2D eigenvalue weighted by Crippen LogP contribution is -2.29. The average molecular weight is 264 g/mol. The summed E-state index contributed by atoms with van der Waals surface area (Å²) in [7, 11) is 0. The van der Waals surface area contributed by atoms with Gasteiger partial charge in [0.2, 0.25) is 0 Å². The number of hydrazine groups is 1. The Labute approximate surface area is 113 Å². The van der Waals surface area contributed by atoms with E-state index in [0.29, 0.717) is 36.8 Å². The Morgan fingerprint density at radius 1 is 1.63 bits per heavy atom. The van der Waals surface area contributed by atoms with Gasteiger partial charge in [0.05, 0.1) is 18.2 Å². The molecule has 0 bridgehead atoms. The number of carbonyl (C=O) groups excluding carboxylic acids is 1. The Balaban J connectivity index is 2.65. The first kappa shape index (κ1) is 15.2. The van der Waals surface area contributed by atoms with Crippen molar-refractivity contribution in [1.29, 1.82) is 5.26 Å². The summed E-state index contributed by atoms with van der Waals surface area (Å²) in [5, 5.41) is 8.66. The van der Waals surface area contributed by atoms with Crippen LogP contribution in [0.25, 0.3) is 0 Å². The molecule has 6 heteroatoms. The fraction of sp³-hybridized carbons (Fsp3) is 0.538. The number of hydrogen-bond donors (Lipinski definition) is 2. The number of hydrogen-bond acceptors (Lipinski definition) is 5. The lowest BCUT2D eigenvalue weighted by atomic mass is 10.2. The molecule has 0 saturated heterocycles. The van der Waals surface area contributed by atoms with E-state index in [1.54, 1.807) is 6.07 Å². The third-order valence-electron chi connectivity index (χ3n) is 2.59. The second-order valence-corrected chi connectivity index (χ2v) is 4.81. The summed E-state index contributed by atoms with van der Waals surface area (Å²) in [6, 6.07) is 3.81. The highest BCUT2D eigenvalue weighted by atomic mass is 16.3. The zero-order chi connectivity index (χ0) is 14.3. The van der Waals surface area contributed by atoms with Gasteiger partial charge in [0.25, 0.3) is 5.91 Å². The van der Waals surface area contributed by atoms with E-state index < -0.39 is 0 Å². The van der Waals surface area contributed by atoms with E-state index in [1.165, 1.54) is 6.26 Å². The molecule has 1 rings (SSSR count). The van der Waals surface area contributed by atoms with E-state index in [4.69, 9.17) is 15.5 Å². The molecule has 1 aromatic heterocycles. The Morgan fingerprint density at radius 3 is 2.95 bits per heavy atom. The molecule has 0 fully saturated rings. The van der Waals surface area contributed by atoms with Gasteiger partial charge in [-0.1, -0.05) is 13.8 Å². The Morgan fingerprint density at radius 2 is 2.37 bits per heavy atom. The normalized spacial score (nSPS) is 10.7. The molecule has 1 heterocycles. The average Bonchev–Trinajstić information content (AvgIpc) is 2.82. The van der Waals surface area contributed by atoms with Gasteiger partial charge in [-0.15, -0.1) is 0 Å². The number of nitrogen functional groups attached to an aromatic ring is 1. The molecule has 3 N–H and O–H groups in total. The van der Waals surface area contributed by atoms with E-state index in [9.17, 15) is 4.79 Å². The number of nitrogens with two attached hydrogens (primary N) is 1. The van der Waals surface area contributed by atoms with Gasteiger partial charge in [0, 0.05) is 19.5 Å². The minimum atomic E-state index is -0.373. The summed E-state index contributed by atoms with van der Waals surface area (Å²) in [6.45, 7) is 6.38. The second kappa shape index (κ2) is 7.56. The van der Waals surface area contributed by atoms with Crippen LogP contribution in [0.4, 0.5) is 0 Å². The van der Waals surface area contributed by atoms with E-state index in [0.717, 1.165) is 6.54 Å². The quantitative estimate of drug-likeness (QED) is 0.439. The van der Waals surface area contributed by atoms with Crippen molar-refractivity contribution in [2.75, 3.05) is 13.1 Å². The van der Waals surface area contributed by atoms with E-state index in [-0.39, 0.29) is 5.91 Å².